The lowest BCUT2D eigenvalue weighted by molar-refractivity contribution is -0.148. The Morgan fingerprint density at radius 2 is 1.08 bits per heavy atom. The molecule has 2 unspecified atom stereocenters. The van der Waals surface area contributed by atoms with Crippen molar-refractivity contribution in [3.63, 3.8) is 0 Å². The summed E-state index contributed by atoms with van der Waals surface area (Å²) < 4.78 is 26.1. The lowest BCUT2D eigenvalue weighted by atomic mass is 9.87. The van der Waals surface area contributed by atoms with E-state index in [0.29, 0.717) is 77.3 Å². The van der Waals surface area contributed by atoms with Gasteiger partial charge in [0.05, 0.1) is 43.2 Å². The van der Waals surface area contributed by atoms with Crippen molar-refractivity contribution in [3.05, 3.63) is 22.0 Å². The third kappa shape index (κ3) is 9.12. The first-order valence-corrected chi connectivity index (χ1v) is 15.2. The fourth-order valence-electron chi connectivity index (χ4n) is 4.40. The average molecular weight is 557 g/mol. The largest absolute Gasteiger partial charge is 0.646 e. The van der Waals surface area contributed by atoms with Crippen LogP contribution in [0.3, 0.4) is 0 Å². The molecule has 0 aromatic heterocycles. The molecule has 8 nitrogen and oxygen atoms in total. The van der Waals surface area contributed by atoms with Gasteiger partial charge in [0.25, 0.3) is 0 Å². The highest BCUT2D eigenvalue weighted by Crippen LogP contribution is 2.28. The molecule has 0 aliphatic carbocycles. The molecule has 10 heteroatoms. The van der Waals surface area contributed by atoms with E-state index >= 15 is 0 Å². The second kappa shape index (κ2) is 13.3. The molecule has 37 heavy (non-hydrogen) atoms. The smallest absolute Gasteiger partial charge is 0.309 e. The first kappa shape index (κ1) is 31.3. The second-order valence-electron chi connectivity index (χ2n) is 11.2. The fourth-order valence-corrected chi connectivity index (χ4v) is 7.78. The van der Waals surface area contributed by atoms with E-state index in [2.05, 4.69) is 0 Å². The Bertz CT molecular complexity index is 1040. The second-order valence-corrected chi connectivity index (χ2v) is 14.8. The van der Waals surface area contributed by atoms with Crippen LogP contribution in [0, 0.1) is 10.8 Å². The van der Waals surface area contributed by atoms with Crippen molar-refractivity contribution in [2.24, 2.45) is 10.8 Å². The van der Waals surface area contributed by atoms with Crippen LogP contribution in [0.4, 0.5) is 0 Å². The number of rotatable bonds is 14. The van der Waals surface area contributed by atoms with Crippen molar-refractivity contribution in [1.82, 2.24) is 0 Å². The van der Waals surface area contributed by atoms with E-state index in [4.69, 9.17) is 0 Å². The van der Waals surface area contributed by atoms with E-state index in [-0.39, 0.29) is 24.4 Å². The average Bonchev–Trinajstić information content (AvgIpc) is 2.78. The van der Waals surface area contributed by atoms with Gasteiger partial charge in [0.15, 0.2) is 11.6 Å². The third-order valence-corrected chi connectivity index (χ3v) is 10.7. The summed E-state index contributed by atoms with van der Waals surface area (Å²) in [4.78, 5) is 49.5. The summed E-state index contributed by atoms with van der Waals surface area (Å²) in [6, 6.07) is 0. The molecule has 2 aliphatic heterocycles. The Balaban J connectivity index is 1.98. The topological polar surface area (TPSA) is 155 Å². The van der Waals surface area contributed by atoms with E-state index in [0.717, 1.165) is 0 Å². The molecule has 0 amide bonds. The number of aliphatic carboxylic acids is 2. The van der Waals surface area contributed by atoms with Crippen LogP contribution in [0.5, 0.6) is 0 Å². The molecular formula is C27H40O8S2. The Labute approximate surface area is 224 Å². The summed E-state index contributed by atoms with van der Waals surface area (Å²) in [6.07, 6.45) is 7.19. The highest BCUT2D eigenvalue weighted by molar-refractivity contribution is 7.95. The zero-order valence-electron chi connectivity index (χ0n) is 22.2. The quantitative estimate of drug-likeness (QED) is 0.186. The maximum atomic E-state index is 13.1. The van der Waals surface area contributed by atoms with E-state index in [1.165, 1.54) is 12.2 Å². The number of hydrogen-bond donors (Lipinski definition) is 2. The van der Waals surface area contributed by atoms with Crippen LogP contribution in [0.1, 0.15) is 98.3 Å². The highest BCUT2D eigenvalue weighted by Gasteiger charge is 2.29. The number of carboxylic acid groups (broad SMARTS) is 2. The predicted molar refractivity (Wildman–Crippen MR) is 149 cm³/mol. The van der Waals surface area contributed by atoms with E-state index in [1.807, 2.05) is 0 Å². The van der Waals surface area contributed by atoms with Gasteiger partial charge in [-0.25, -0.2) is 0 Å². The van der Waals surface area contributed by atoms with Crippen molar-refractivity contribution in [3.8, 4) is 0 Å². The van der Waals surface area contributed by atoms with Crippen molar-refractivity contribution >= 4 is 54.8 Å². The van der Waals surface area contributed by atoms with Crippen LogP contribution in [0.25, 0.3) is 0 Å². The van der Waals surface area contributed by atoms with Gasteiger partial charge in [0, 0.05) is 37.8 Å². The highest BCUT2D eigenvalue weighted by atomic mass is 32.2. The minimum Gasteiger partial charge on any atom is -0.646 e. The molecule has 0 saturated heterocycles. The van der Waals surface area contributed by atoms with Crippen LogP contribution < -0.4 is 0 Å². The third-order valence-electron chi connectivity index (χ3n) is 7.07. The number of thiol groups is 2. The summed E-state index contributed by atoms with van der Waals surface area (Å²) in [5.41, 5.74) is -1.77. The van der Waals surface area contributed by atoms with Crippen LogP contribution in [-0.2, 0) is 40.7 Å². The van der Waals surface area contributed by atoms with Crippen molar-refractivity contribution in [2.45, 2.75) is 98.3 Å². The lowest BCUT2D eigenvalue weighted by Gasteiger charge is -2.23. The molecule has 0 spiro atoms. The SMILES string of the molecule is CC(C)(CCCC1=CC(=O)CC(CCCC2=CC(=O)CC(CCCC(C)(C)C(=O)O)=[SH+]2[O-])=[SH+]1[O-])C(=O)O. The van der Waals surface area contributed by atoms with Gasteiger partial charge in [-0.1, -0.05) is 0 Å². The van der Waals surface area contributed by atoms with E-state index in [1.54, 1.807) is 27.7 Å². The monoisotopic (exact) mass is 556 g/mol. The number of ketones is 2. The standard InChI is InChI=1S/C27H40O8S2/c1-26(2,24(30)31)12-6-10-22-16-18(28)14-20(36(22)34)8-5-9-21-15-19(29)17-23(37(21)35)11-7-13-27(3,4)25(32)33/h14,17,36-37H,5-13,15-16H2,1-4H3,(H2-2,30,31,32,33,34,35). The number of hydrogen-bond acceptors (Lipinski definition) is 6. The van der Waals surface area contributed by atoms with Crippen molar-refractivity contribution < 1.29 is 38.5 Å². The Morgan fingerprint density at radius 3 is 1.49 bits per heavy atom. The first-order chi connectivity index (χ1) is 17.1. The van der Waals surface area contributed by atoms with Crippen LogP contribution in [-0.4, -0.2) is 52.6 Å². The zero-order chi connectivity index (χ0) is 28.0. The van der Waals surface area contributed by atoms with Crippen molar-refractivity contribution in [2.75, 3.05) is 0 Å². The maximum Gasteiger partial charge on any atom is 0.309 e. The number of allylic oxidation sites excluding steroid dienone is 4. The number of carboxylic acids is 2. The van der Waals surface area contributed by atoms with Gasteiger partial charge in [-0.3, -0.25) is 19.2 Å². The first-order valence-electron chi connectivity index (χ1n) is 12.7. The molecule has 0 aromatic carbocycles. The van der Waals surface area contributed by atoms with Gasteiger partial charge in [-0.15, -0.1) is 0 Å². The van der Waals surface area contributed by atoms with Gasteiger partial charge >= 0.3 is 11.9 Å². The summed E-state index contributed by atoms with van der Waals surface area (Å²) in [6.45, 7) is 6.58. The lowest BCUT2D eigenvalue weighted by Crippen LogP contribution is -2.25. The van der Waals surface area contributed by atoms with Crippen LogP contribution in [0.15, 0.2) is 22.0 Å². The molecule has 0 aromatic rings. The Morgan fingerprint density at radius 1 is 0.730 bits per heavy atom. The number of carbonyl (C=O) groups is 4. The summed E-state index contributed by atoms with van der Waals surface area (Å²) in [7, 11) is -3.68. The number of carbonyl (C=O) groups excluding carboxylic acids is 2. The van der Waals surface area contributed by atoms with E-state index in [9.17, 15) is 38.5 Å². The maximum absolute atomic E-state index is 13.1. The summed E-state index contributed by atoms with van der Waals surface area (Å²) >= 11 is 0. The molecule has 2 heterocycles. The molecule has 0 fully saturated rings. The van der Waals surface area contributed by atoms with E-state index < -0.39 is 44.3 Å². The minimum absolute atomic E-state index is 0.111. The molecule has 0 saturated carbocycles. The zero-order valence-corrected chi connectivity index (χ0v) is 24.0. The van der Waals surface area contributed by atoms with Gasteiger partial charge in [0.2, 0.25) is 0 Å². The molecule has 2 N–H and O–H groups in total. The molecule has 2 aliphatic rings. The molecule has 0 radical (unpaired) electrons. The van der Waals surface area contributed by atoms with Gasteiger partial charge < -0.3 is 19.3 Å². The molecule has 208 valence electrons. The van der Waals surface area contributed by atoms with Crippen LogP contribution in [0.2, 0.25) is 0 Å². The molecule has 2 rings (SSSR count). The van der Waals surface area contributed by atoms with Gasteiger partial charge in [-0.05, 0) is 59.8 Å². The molecule has 0 bridgehead atoms. The molecule has 2 atom stereocenters. The van der Waals surface area contributed by atoms with Crippen LogP contribution >= 0.6 is 0 Å². The van der Waals surface area contributed by atoms with Gasteiger partial charge in [0.1, 0.15) is 0 Å². The molecular weight excluding hydrogens is 516 g/mol. The predicted octanol–water partition coefficient (Wildman–Crippen LogP) is 3.74. The normalized spacial score (nSPS) is 21.1. The minimum atomic E-state index is -1.84. The fraction of sp³-hybridized carbons (Fsp3) is 0.630. The Hall–Kier alpha value is -1.88. The Kier molecular flexibility index (Phi) is 11.2. The summed E-state index contributed by atoms with van der Waals surface area (Å²) in [5.74, 6) is -2.01. The summed E-state index contributed by atoms with van der Waals surface area (Å²) in [5, 5.41) is 18.5. The van der Waals surface area contributed by atoms with Gasteiger partial charge in [-0.2, -0.15) is 21.5 Å². The van der Waals surface area contributed by atoms with Crippen molar-refractivity contribution in [1.29, 1.82) is 0 Å².